The molecular weight excluding hydrogens is 533 g/mol. The molecule has 178 valence electrons. The summed E-state index contributed by atoms with van der Waals surface area (Å²) in [6.07, 6.45) is 0. The average Bonchev–Trinajstić information content (AvgIpc) is 3.60. The second-order valence-electron chi connectivity index (χ2n) is 9.27. The Balaban J connectivity index is 1.38. The molecule has 5 heteroatoms. The van der Waals surface area contributed by atoms with Gasteiger partial charge in [0.2, 0.25) is 0 Å². The fourth-order valence-corrected chi connectivity index (χ4v) is 7.36. The Hall–Kier alpha value is -4.57. The van der Waals surface area contributed by atoms with E-state index in [2.05, 4.69) is 72.8 Å². The monoisotopic (exact) mass is 553 g/mol. The van der Waals surface area contributed by atoms with Crippen LogP contribution in [0, 0.1) is 0 Å². The van der Waals surface area contributed by atoms with Crippen molar-refractivity contribution < 1.29 is 4.42 Å². The summed E-state index contributed by atoms with van der Waals surface area (Å²) in [5, 5.41) is 3.42. The van der Waals surface area contributed by atoms with E-state index in [1.807, 2.05) is 42.5 Å². The van der Waals surface area contributed by atoms with Crippen LogP contribution in [0.2, 0.25) is 0 Å². The van der Waals surface area contributed by atoms with Gasteiger partial charge in [-0.25, -0.2) is 0 Å². The Morgan fingerprint density at radius 3 is 2.16 bits per heavy atom. The Morgan fingerprint density at radius 1 is 0.579 bits per heavy atom. The molecule has 0 saturated carbocycles. The predicted molar refractivity (Wildman–Crippen MR) is 155 cm³/mol. The quantitative estimate of drug-likeness (QED) is 0.208. The van der Waals surface area contributed by atoms with Gasteiger partial charge in [-0.1, -0.05) is 0 Å². The van der Waals surface area contributed by atoms with Gasteiger partial charge in [0.15, 0.2) is 0 Å². The summed E-state index contributed by atoms with van der Waals surface area (Å²) in [5.41, 5.74) is 7.42. The van der Waals surface area contributed by atoms with Gasteiger partial charge in [0, 0.05) is 0 Å². The molecule has 0 saturated heterocycles. The van der Waals surface area contributed by atoms with Gasteiger partial charge in [0.1, 0.15) is 0 Å². The Morgan fingerprint density at radius 2 is 1.32 bits per heavy atom. The zero-order valence-corrected chi connectivity index (χ0v) is 21.8. The number of furan rings is 1. The van der Waals surface area contributed by atoms with Gasteiger partial charge in [-0.2, -0.15) is 0 Å². The topological polar surface area (TPSA) is 51.8 Å². The number of nitrogens with zero attached hydrogens (tertiary/aromatic N) is 3. The molecular formula is C33H19N3OSe. The second-order valence-corrected chi connectivity index (χ2v) is 11.4. The summed E-state index contributed by atoms with van der Waals surface area (Å²) in [6.45, 7) is 0. The zero-order chi connectivity index (χ0) is 25.1. The molecule has 5 aromatic carbocycles. The maximum atomic E-state index is 6.28. The molecule has 0 N–H and O–H groups in total. The molecule has 3 heterocycles. The summed E-state index contributed by atoms with van der Waals surface area (Å²) in [5.74, 6) is 0.692. The standard InChI is InChI=1S/C33H19N3OSe/c1-3-9-21(10-4-1)28-30-29(24-13-7-8-14-27(24)37-30)36-32(35-28)23-16-15-20-17-18-26-31(25(20)19-23)38-33(34-26)22-11-5-2-6-12-22/h1-19H. The Kier molecular flexibility index (Phi) is 4.80. The molecule has 8 aromatic rings. The van der Waals surface area contributed by atoms with E-state index >= 15 is 0 Å². The first-order valence-electron chi connectivity index (χ1n) is 12.5. The van der Waals surface area contributed by atoms with E-state index in [9.17, 15) is 0 Å². The van der Waals surface area contributed by atoms with Crippen molar-refractivity contribution in [2.45, 2.75) is 0 Å². The molecule has 0 amide bonds. The van der Waals surface area contributed by atoms with Gasteiger partial charge in [0.25, 0.3) is 0 Å². The molecule has 0 atom stereocenters. The molecule has 0 spiro atoms. The number of rotatable bonds is 3. The minimum absolute atomic E-state index is 0.121. The van der Waals surface area contributed by atoms with Crippen molar-refractivity contribution in [2.75, 3.05) is 0 Å². The number of fused-ring (bicyclic) bond motifs is 6. The maximum absolute atomic E-state index is 6.28. The normalized spacial score (nSPS) is 11.7. The molecule has 0 aliphatic carbocycles. The van der Waals surface area contributed by atoms with Crippen molar-refractivity contribution in [2.24, 2.45) is 0 Å². The molecule has 38 heavy (non-hydrogen) atoms. The number of aromatic nitrogens is 3. The molecule has 4 nitrogen and oxygen atoms in total. The van der Waals surface area contributed by atoms with Crippen LogP contribution >= 0.6 is 0 Å². The van der Waals surface area contributed by atoms with Gasteiger partial charge in [-0.3, -0.25) is 0 Å². The van der Waals surface area contributed by atoms with Crippen LogP contribution in [0.15, 0.2) is 120 Å². The predicted octanol–water partition coefficient (Wildman–Crippen LogP) is 8.14. The van der Waals surface area contributed by atoms with Gasteiger partial charge in [-0.15, -0.1) is 0 Å². The van der Waals surface area contributed by atoms with E-state index in [1.165, 1.54) is 25.2 Å². The van der Waals surface area contributed by atoms with Crippen molar-refractivity contribution in [3.63, 3.8) is 0 Å². The van der Waals surface area contributed by atoms with Crippen molar-refractivity contribution in [1.29, 1.82) is 0 Å². The van der Waals surface area contributed by atoms with Crippen molar-refractivity contribution in [1.82, 2.24) is 15.0 Å². The van der Waals surface area contributed by atoms with E-state index in [0.717, 1.165) is 38.8 Å². The van der Waals surface area contributed by atoms with Crippen LogP contribution in [0.1, 0.15) is 0 Å². The molecule has 0 unspecified atom stereocenters. The van der Waals surface area contributed by atoms with Crippen LogP contribution in [-0.2, 0) is 0 Å². The Bertz CT molecular complexity index is 2130. The SMILES string of the molecule is c1ccc(-c2nc3ccc4ccc(-c5nc(-c6ccccc6)c6oc7ccccc7c6n5)cc4c3[se]2)cc1. The van der Waals surface area contributed by atoms with Crippen molar-refractivity contribution >= 4 is 57.1 Å². The van der Waals surface area contributed by atoms with E-state index in [0.29, 0.717) is 11.4 Å². The Labute approximate surface area is 224 Å². The molecule has 3 aromatic heterocycles. The third kappa shape index (κ3) is 3.41. The van der Waals surface area contributed by atoms with Crippen LogP contribution in [0.3, 0.4) is 0 Å². The fraction of sp³-hybridized carbons (Fsp3) is 0. The molecule has 0 bridgehead atoms. The summed E-state index contributed by atoms with van der Waals surface area (Å²) in [6, 6.07) is 39.6. The van der Waals surface area contributed by atoms with Gasteiger partial charge >= 0.3 is 225 Å². The summed E-state index contributed by atoms with van der Waals surface area (Å²) in [7, 11) is 0. The van der Waals surface area contributed by atoms with Crippen LogP contribution in [-0.4, -0.2) is 29.5 Å². The van der Waals surface area contributed by atoms with Crippen LogP contribution < -0.4 is 0 Å². The first-order chi connectivity index (χ1) is 18.8. The number of para-hydroxylation sites is 1. The summed E-state index contributed by atoms with van der Waals surface area (Å²) < 4.78 is 8.76. The number of benzene rings is 5. The van der Waals surface area contributed by atoms with E-state index in [4.69, 9.17) is 19.4 Å². The zero-order valence-electron chi connectivity index (χ0n) is 20.1. The third-order valence-corrected chi connectivity index (χ3v) is 9.34. The van der Waals surface area contributed by atoms with Crippen LogP contribution in [0.4, 0.5) is 0 Å². The minimum atomic E-state index is 0.121. The molecule has 8 rings (SSSR count). The first-order valence-corrected chi connectivity index (χ1v) is 14.2. The second kappa shape index (κ2) is 8.49. The van der Waals surface area contributed by atoms with Gasteiger partial charge < -0.3 is 0 Å². The van der Waals surface area contributed by atoms with E-state index in [1.54, 1.807) is 0 Å². The summed E-state index contributed by atoms with van der Waals surface area (Å²) in [4.78, 5) is 15.1. The fourth-order valence-electron chi connectivity index (χ4n) is 5.06. The average molecular weight is 552 g/mol. The van der Waals surface area contributed by atoms with E-state index in [-0.39, 0.29) is 14.5 Å². The van der Waals surface area contributed by atoms with Crippen molar-refractivity contribution in [3.8, 4) is 32.8 Å². The number of hydrogen-bond acceptors (Lipinski definition) is 4. The van der Waals surface area contributed by atoms with Gasteiger partial charge in [0.05, 0.1) is 0 Å². The van der Waals surface area contributed by atoms with Gasteiger partial charge in [-0.05, 0) is 0 Å². The van der Waals surface area contributed by atoms with Crippen molar-refractivity contribution in [3.05, 3.63) is 115 Å². The number of hydrogen-bond donors (Lipinski definition) is 0. The molecule has 0 radical (unpaired) electrons. The third-order valence-electron chi connectivity index (χ3n) is 6.92. The first kappa shape index (κ1) is 21.5. The molecule has 0 aliphatic heterocycles. The summed E-state index contributed by atoms with van der Waals surface area (Å²) >= 11 is 0.121. The van der Waals surface area contributed by atoms with Crippen LogP contribution in [0.25, 0.3) is 75.4 Å². The molecule has 0 fully saturated rings. The van der Waals surface area contributed by atoms with E-state index < -0.39 is 0 Å². The van der Waals surface area contributed by atoms with Crippen LogP contribution in [0.5, 0.6) is 0 Å². The molecule has 0 aliphatic rings.